The van der Waals surface area contributed by atoms with Crippen LogP contribution in [-0.2, 0) is 0 Å². The van der Waals surface area contributed by atoms with E-state index in [-0.39, 0.29) is 5.69 Å². The normalized spacial score (nSPS) is 10.5. The molecule has 0 aliphatic rings. The van der Waals surface area contributed by atoms with Gasteiger partial charge in [0.2, 0.25) is 0 Å². The van der Waals surface area contributed by atoms with Crippen molar-refractivity contribution in [2.24, 2.45) is 0 Å². The molecule has 0 amide bonds. The van der Waals surface area contributed by atoms with Gasteiger partial charge in [-0.05, 0) is 18.2 Å². The lowest BCUT2D eigenvalue weighted by atomic mass is 10.1. The second kappa shape index (κ2) is 5.04. The van der Waals surface area contributed by atoms with Crippen LogP contribution in [0.3, 0.4) is 0 Å². The lowest BCUT2D eigenvalue weighted by molar-refractivity contribution is -0.384. The Morgan fingerprint density at radius 1 is 1.14 bits per heavy atom. The number of rotatable bonds is 3. The highest BCUT2D eigenvalue weighted by Crippen LogP contribution is 2.25. The first-order valence-corrected chi connectivity index (χ1v) is 6.16. The van der Waals surface area contributed by atoms with E-state index in [4.69, 9.17) is 5.73 Å². The molecule has 0 saturated carbocycles. The average molecular weight is 281 g/mol. The third kappa shape index (κ3) is 2.44. The van der Waals surface area contributed by atoms with Crippen LogP contribution in [0.25, 0.3) is 16.9 Å². The Bertz CT molecular complexity index is 812. The van der Waals surface area contributed by atoms with E-state index in [9.17, 15) is 10.1 Å². The number of nitro groups is 1. The van der Waals surface area contributed by atoms with E-state index in [0.717, 1.165) is 5.69 Å². The monoisotopic (exact) mass is 281 g/mol. The molecule has 3 rings (SSSR count). The number of nitro benzene ring substituents is 1. The Balaban J connectivity index is 2.11. The van der Waals surface area contributed by atoms with Gasteiger partial charge in [-0.25, -0.2) is 4.68 Å². The minimum atomic E-state index is -0.432. The van der Waals surface area contributed by atoms with Crippen LogP contribution in [0.4, 0.5) is 11.4 Å². The zero-order chi connectivity index (χ0) is 14.8. The number of anilines is 1. The van der Waals surface area contributed by atoms with Crippen molar-refractivity contribution in [3.63, 3.8) is 0 Å². The van der Waals surface area contributed by atoms with Crippen molar-refractivity contribution in [2.75, 3.05) is 5.73 Å². The first-order chi connectivity index (χ1) is 10.1. The molecule has 2 N–H and O–H groups in total. The molecule has 1 heterocycles. The summed E-state index contributed by atoms with van der Waals surface area (Å²) < 4.78 is 1.59. The lowest BCUT2D eigenvalue weighted by Crippen LogP contribution is -2.00. The molecule has 0 spiro atoms. The highest BCUT2D eigenvalue weighted by Gasteiger charge is 2.12. The average Bonchev–Trinajstić information content (AvgIpc) is 2.97. The highest BCUT2D eigenvalue weighted by molar-refractivity contribution is 5.64. The van der Waals surface area contributed by atoms with E-state index >= 15 is 0 Å². The minimum absolute atomic E-state index is 0.0211. The Kier molecular flexibility index (Phi) is 3.07. The SMILES string of the molecule is Nc1cccc(-n2nncc2-c2cccc([N+](=O)[O-])c2)c1. The molecule has 2 aromatic carbocycles. The predicted molar refractivity (Wildman–Crippen MR) is 77.9 cm³/mol. The minimum Gasteiger partial charge on any atom is -0.399 e. The maximum Gasteiger partial charge on any atom is 0.270 e. The van der Waals surface area contributed by atoms with Crippen LogP contribution in [0.2, 0.25) is 0 Å². The molecule has 0 saturated heterocycles. The summed E-state index contributed by atoms with van der Waals surface area (Å²) >= 11 is 0. The van der Waals surface area contributed by atoms with E-state index < -0.39 is 4.92 Å². The summed E-state index contributed by atoms with van der Waals surface area (Å²) in [7, 11) is 0. The van der Waals surface area contributed by atoms with Gasteiger partial charge < -0.3 is 5.73 Å². The molecule has 21 heavy (non-hydrogen) atoms. The van der Waals surface area contributed by atoms with Gasteiger partial charge >= 0.3 is 0 Å². The van der Waals surface area contributed by atoms with Crippen molar-refractivity contribution in [3.8, 4) is 16.9 Å². The number of non-ortho nitro benzene ring substituents is 1. The van der Waals surface area contributed by atoms with Gasteiger partial charge in [0.1, 0.15) is 0 Å². The molecular weight excluding hydrogens is 270 g/mol. The van der Waals surface area contributed by atoms with Crippen molar-refractivity contribution in [1.82, 2.24) is 15.0 Å². The topological polar surface area (TPSA) is 99.9 Å². The molecule has 7 heteroatoms. The molecule has 1 aromatic heterocycles. The number of nitrogens with two attached hydrogens (primary N) is 1. The number of aromatic nitrogens is 3. The summed E-state index contributed by atoms with van der Waals surface area (Å²) in [6.07, 6.45) is 1.56. The fourth-order valence-corrected chi connectivity index (χ4v) is 2.06. The van der Waals surface area contributed by atoms with Crippen LogP contribution in [0.5, 0.6) is 0 Å². The Hall–Kier alpha value is -3.22. The fraction of sp³-hybridized carbons (Fsp3) is 0. The van der Waals surface area contributed by atoms with Gasteiger partial charge in [-0.1, -0.05) is 23.4 Å². The zero-order valence-corrected chi connectivity index (χ0v) is 10.9. The van der Waals surface area contributed by atoms with E-state index in [1.807, 2.05) is 12.1 Å². The van der Waals surface area contributed by atoms with E-state index in [2.05, 4.69) is 10.3 Å². The zero-order valence-electron chi connectivity index (χ0n) is 10.9. The predicted octanol–water partition coefficient (Wildman–Crippen LogP) is 2.42. The van der Waals surface area contributed by atoms with Crippen molar-refractivity contribution >= 4 is 11.4 Å². The maximum atomic E-state index is 10.9. The first kappa shape index (κ1) is 12.8. The van der Waals surface area contributed by atoms with Gasteiger partial charge in [-0.2, -0.15) is 0 Å². The summed E-state index contributed by atoms with van der Waals surface area (Å²) in [5.41, 5.74) is 8.46. The molecule has 0 fully saturated rings. The van der Waals surface area contributed by atoms with Crippen LogP contribution in [0.1, 0.15) is 0 Å². The molecule has 0 unspecified atom stereocenters. The van der Waals surface area contributed by atoms with E-state index in [0.29, 0.717) is 16.9 Å². The number of hydrogen-bond acceptors (Lipinski definition) is 5. The largest absolute Gasteiger partial charge is 0.399 e. The summed E-state index contributed by atoms with van der Waals surface area (Å²) in [6.45, 7) is 0. The fourth-order valence-electron chi connectivity index (χ4n) is 2.06. The van der Waals surface area contributed by atoms with Crippen molar-refractivity contribution in [2.45, 2.75) is 0 Å². The molecule has 0 aliphatic heterocycles. The van der Waals surface area contributed by atoms with E-state index in [1.165, 1.54) is 12.1 Å². The molecule has 104 valence electrons. The Labute approximate surface area is 119 Å². The summed E-state index contributed by atoms with van der Waals surface area (Å²) in [4.78, 5) is 10.4. The summed E-state index contributed by atoms with van der Waals surface area (Å²) in [6, 6.07) is 13.5. The number of hydrogen-bond donors (Lipinski definition) is 1. The van der Waals surface area contributed by atoms with Gasteiger partial charge in [-0.15, -0.1) is 5.10 Å². The summed E-state index contributed by atoms with van der Waals surface area (Å²) in [5, 5.41) is 18.8. The van der Waals surface area contributed by atoms with Crippen molar-refractivity contribution < 1.29 is 4.92 Å². The number of benzene rings is 2. The number of nitrogen functional groups attached to an aromatic ring is 1. The first-order valence-electron chi connectivity index (χ1n) is 6.16. The smallest absolute Gasteiger partial charge is 0.270 e. The number of nitrogens with zero attached hydrogens (tertiary/aromatic N) is 4. The van der Waals surface area contributed by atoms with Crippen LogP contribution < -0.4 is 5.73 Å². The van der Waals surface area contributed by atoms with Crippen LogP contribution in [0.15, 0.2) is 54.7 Å². The molecule has 0 aliphatic carbocycles. The molecular formula is C14H11N5O2. The standard InChI is InChI=1S/C14H11N5O2/c15-11-4-2-5-12(8-11)18-14(9-16-17-18)10-3-1-6-13(7-10)19(20)21/h1-9H,15H2. The van der Waals surface area contributed by atoms with Crippen LogP contribution in [-0.4, -0.2) is 19.9 Å². The maximum absolute atomic E-state index is 10.9. The molecule has 0 bridgehead atoms. The van der Waals surface area contributed by atoms with Gasteiger partial charge in [0, 0.05) is 23.4 Å². The van der Waals surface area contributed by atoms with Crippen LogP contribution in [0, 0.1) is 10.1 Å². The van der Waals surface area contributed by atoms with Crippen molar-refractivity contribution in [3.05, 3.63) is 64.8 Å². The summed E-state index contributed by atoms with van der Waals surface area (Å²) in [5.74, 6) is 0. The third-order valence-electron chi connectivity index (χ3n) is 3.02. The molecule has 0 radical (unpaired) electrons. The van der Waals surface area contributed by atoms with Gasteiger partial charge in [0.25, 0.3) is 5.69 Å². The Morgan fingerprint density at radius 2 is 1.95 bits per heavy atom. The Morgan fingerprint density at radius 3 is 2.71 bits per heavy atom. The van der Waals surface area contributed by atoms with Crippen LogP contribution >= 0.6 is 0 Å². The second-order valence-corrected chi connectivity index (χ2v) is 4.43. The van der Waals surface area contributed by atoms with E-state index in [1.54, 1.807) is 35.1 Å². The van der Waals surface area contributed by atoms with Gasteiger partial charge in [0.05, 0.1) is 22.5 Å². The molecule has 7 nitrogen and oxygen atoms in total. The molecule has 3 aromatic rings. The lowest BCUT2D eigenvalue weighted by Gasteiger charge is -2.06. The van der Waals surface area contributed by atoms with Gasteiger partial charge in [0.15, 0.2) is 0 Å². The van der Waals surface area contributed by atoms with Gasteiger partial charge in [-0.3, -0.25) is 10.1 Å². The van der Waals surface area contributed by atoms with Crippen molar-refractivity contribution in [1.29, 1.82) is 0 Å². The third-order valence-corrected chi connectivity index (χ3v) is 3.02. The highest BCUT2D eigenvalue weighted by atomic mass is 16.6. The second-order valence-electron chi connectivity index (χ2n) is 4.43. The quantitative estimate of drug-likeness (QED) is 0.451. The molecule has 0 atom stereocenters.